The minimum atomic E-state index is -1.15. The molecule has 1 N–H and O–H groups in total. The second-order valence-electron chi connectivity index (χ2n) is 4.23. The number of aromatic nitrogens is 1. The molecular formula is C13H8N2O4S. The molecule has 1 aliphatic rings. The number of nitrogens with zero attached hydrogens (tertiary/aromatic N) is 2. The first-order valence-electron chi connectivity index (χ1n) is 5.65. The zero-order valence-electron chi connectivity index (χ0n) is 10.3. The Morgan fingerprint density at radius 1 is 1.30 bits per heavy atom. The molecule has 0 saturated heterocycles. The first-order chi connectivity index (χ1) is 9.50. The second kappa shape index (κ2) is 4.24. The fourth-order valence-corrected chi connectivity index (χ4v) is 3.05. The van der Waals surface area contributed by atoms with E-state index in [-0.39, 0.29) is 33.3 Å². The van der Waals surface area contributed by atoms with Gasteiger partial charge in [-0.15, -0.1) is 11.3 Å². The number of hydrogen-bond donors (Lipinski definition) is 1. The Balaban J connectivity index is 2.17. The molecule has 0 saturated carbocycles. The number of rotatable bonds is 1. The molecule has 0 atom stereocenters. The van der Waals surface area contributed by atoms with Gasteiger partial charge in [0.25, 0.3) is 0 Å². The van der Waals surface area contributed by atoms with Crippen LogP contribution in [0.4, 0.5) is 9.80 Å². The number of hydrogen-bond acceptors (Lipinski definition) is 5. The highest BCUT2D eigenvalue weighted by atomic mass is 32.1. The van der Waals surface area contributed by atoms with Gasteiger partial charge in [-0.05, 0) is 18.2 Å². The van der Waals surface area contributed by atoms with Crippen LogP contribution < -0.4 is 4.90 Å². The van der Waals surface area contributed by atoms with Gasteiger partial charge in [-0.2, -0.15) is 0 Å². The fourth-order valence-electron chi connectivity index (χ4n) is 2.00. The Morgan fingerprint density at radius 3 is 2.75 bits per heavy atom. The minimum Gasteiger partial charge on any atom is -0.465 e. The Bertz CT molecular complexity index is 713. The van der Waals surface area contributed by atoms with Gasteiger partial charge in [0.2, 0.25) is 5.78 Å². The SMILES string of the molecule is CN(C(=O)O)c1cc2c(s1)C(=O)c1ncccc1C2=O. The van der Waals surface area contributed by atoms with Gasteiger partial charge in [0, 0.05) is 18.8 Å². The van der Waals surface area contributed by atoms with Gasteiger partial charge in [0.05, 0.1) is 10.4 Å². The van der Waals surface area contributed by atoms with Gasteiger partial charge in [-0.25, -0.2) is 4.79 Å². The molecule has 2 aromatic rings. The van der Waals surface area contributed by atoms with E-state index in [1.165, 1.54) is 19.3 Å². The fraction of sp³-hybridized carbons (Fsp3) is 0.0769. The summed E-state index contributed by atoms with van der Waals surface area (Å²) in [6.07, 6.45) is 0.298. The van der Waals surface area contributed by atoms with E-state index >= 15 is 0 Å². The number of fused-ring (bicyclic) bond motifs is 2. The van der Waals surface area contributed by atoms with Crippen molar-refractivity contribution in [1.82, 2.24) is 4.98 Å². The lowest BCUT2D eigenvalue weighted by Gasteiger charge is -2.11. The van der Waals surface area contributed by atoms with E-state index in [2.05, 4.69) is 4.98 Å². The van der Waals surface area contributed by atoms with Crippen LogP contribution in [0.25, 0.3) is 0 Å². The molecule has 6 nitrogen and oxygen atoms in total. The molecule has 0 radical (unpaired) electrons. The van der Waals surface area contributed by atoms with Crippen molar-refractivity contribution in [2.24, 2.45) is 0 Å². The number of amides is 1. The smallest absolute Gasteiger partial charge is 0.412 e. The van der Waals surface area contributed by atoms with Gasteiger partial charge < -0.3 is 5.11 Å². The van der Waals surface area contributed by atoms with Crippen LogP contribution >= 0.6 is 11.3 Å². The number of anilines is 1. The number of thiophene rings is 1. The predicted molar refractivity (Wildman–Crippen MR) is 71.8 cm³/mol. The van der Waals surface area contributed by atoms with Crippen molar-refractivity contribution >= 4 is 34.0 Å². The predicted octanol–water partition coefficient (Wildman–Crippen LogP) is 2.03. The van der Waals surface area contributed by atoms with E-state index in [0.29, 0.717) is 5.00 Å². The molecule has 1 aliphatic carbocycles. The standard InChI is InChI=1S/C13H8N2O4S/c1-15(13(18)19)8-5-7-10(16)6-3-2-4-14-9(6)11(17)12(7)20-8/h2-5H,1H3,(H,18,19). The molecule has 2 heterocycles. The third kappa shape index (κ3) is 1.64. The molecule has 0 unspecified atom stereocenters. The van der Waals surface area contributed by atoms with Crippen molar-refractivity contribution in [2.45, 2.75) is 0 Å². The monoisotopic (exact) mass is 288 g/mol. The van der Waals surface area contributed by atoms with Crippen molar-refractivity contribution < 1.29 is 19.5 Å². The topological polar surface area (TPSA) is 87.6 Å². The minimum absolute atomic E-state index is 0.122. The van der Waals surface area contributed by atoms with Gasteiger partial charge in [-0.3, -0.25) is 19.5 Å². The van der Waals surface area contributed by atoms with Crippen LogP contribution in [0.1, 0.15) is 31.3 Å². The van der Waals surface area contributed by atoms with Crippen LogP contribution in [0, 0.1) is 0 Å². The molecule has 2 aromatic heterocycles. The maximum atomic E-state index is 12.3. The summed E-state index contributed by atoms with van der Waals surface area (Å²) in [5.74, 6) is -0.644. The summed E-state index contributed by atoms with van der Waals surface area (Å²) in [5.41, 5.74) is 0.618. The van der Waals surface area contributed by atoms with Gasteiger partial charge in [-0.1, -0.05) is 0 Å². The molecule has 0 fully saturated rings. The van der Waals surface area contributed by atoms with Crippen molar-refractivity contribution in [2.75, 3.05) is 11.9 Å². The number of carboxylic acid groups (broad SMARTS) is 1. The quantitative estimate of drug-likeness (QED) is 0.740. The Labute approximate surface area is 117 Å². The Morgan fingerprint density at radius 2 is 2.05 bits per heavy atom. The molecule has 7 heteroatoms. The Hall–Kier alpha value is -2.54. The van der Waals surface area contributed by atoms with E-state index < -0.39 is 6.09 Å². The number of ketones is 2. The zero-order valence-corrected chi connectivity index (χ0v) is 11.1. The lowest BCUT2D eigenvalue weighted by atomic mass is 9.93. The van der Waals surface area contributed by atoms with Crippen LogP contribution in [-0.2, 0) is 0 Å². The number of pyridine rings is 1. The van der Waals surface area contributed by atoms with Crippen LogP contribution in [0.3, 0.4) is 0 Å². The molecule has 0 bridgehead atoms. The van der Waals surface area contributed by atoms with Gasteiger partial charge in [0.1, 0.15) is 10.7 Å². The molecule has 1 amide bonds. The van der Waals surface area contributed by atoms with Crippen LogP contribution in [-0.4, -0.2) is 34.8 Å². The summed E-state index contributed by atoms with van der Waals surface area (Å²) in [6, 6.07) is 4.57. The molecular weight excluding hydrogens is 280 g/mol. The Kier molecular flexibility index (Phi) is 2.65. The summed E-state index contributed by atoms with van der Waals surface area (Å²) >= 11 is 0.982. The van der Waals surface area contributed by atoms with E-state index in [9.17, 15) is 14.4 Å². The van der Waals surface area contributed by atoms with Crippen LogP contribution in [0.5, 0.6) is 0 Å². The van der Waals surface area contributed by atoms with Crippen LogP contribution in [0.15, 0.2) is 24.4 Å². The largest absolute Gasteiger partial charge is 0.465 e. The average molecular weight is 288 g/mol. The first-order valence-corrected chi connectivity index (χ1v) is 6.47. The van der Waals surface area contributed by atoms with Gasteiger partial charge >= 0.3 is 6.09 Å². The molecule has 3 rings (SSSR count). The van der Waals surface area contributed by atoms with E-state index in [1.807, 2.05) is 0 Å². The third-order valence-electron chi connectivity index (χ3n) is 3.05. The van der Waals surface area contributed by atoms with Crippen LogP contribution in [0.2, 0.25) is 0 Å². The number of carbonyl (C=O) groups is 3. The average Bonchev–Trinajstić information content (AvgIpc) is 2.89. The maximum absolute atomic E-state index is 12.3. The molecule has 0 aliphatic heterocycles. The van der Waals surface area contributed by atoms with Crippen molar-refractivity contribution in [3.8, 4) is 0 Å². The summed E-state index contributed by atoms with van der Waals surface area (Å²) in [6.45, 7) is 0. The van der Waals surface area contributed by atoms with Gasteiger partial charge in [0.15, 0.2) is 5.78 Å². The summed E-state index contributed by atoms with van der Waals surface area (Å²) in [4.78, 5) is 40.7. The molecule has 0 aromatic carbocycles. The highest BCUT2D eigenvalue weighted by Crippen LogP contribution is 2.36. The first kappa shape index (κ1) is 12.5. The van der Waals surface area contributed by atoms with E-state index in [1.54, 1.807) is 12.1 Å². The highest BCUT2D eigenvalue weighted by molar-refractivity contribution is 7.18. The number of carbonyl (C=O) groups excluding carboxylic acids is 2. The molecule has 20 heavy (non-hydrogen) atoms. The third-order valence-corrected chi connectivity index (χ3v) is 4.27. The van der Waals surface area contributed by atoms with E-state index in [4.69, 9.17) is 5.11 Å². The lowest BCUT2D eigenvalue weighted by Crippen LogP contribution is -2.22. The normalized spacial score (nSPS) is 12.8. The highest BCUT2D eigenvalue weighted by Gasteiger charge is 2.33. The van der Waals surface area contributed by atoms with Crippen molar-refractivity contribution in [3.63, 3.8) is 0 Å². The van der Waals surface area contributed by atoms with Crippen molar-refractivity contribution in [1.29, 1.82) is 0 Å². The molecule has 0 spiro atoms. The molecule has 100 valence electrons. The maximum Gasteiger partial charge on any atom is 0.412 e. The zero-order chi connectivity index (χ0) is 14.4. The summed E-state index contributed by atoms with van der Waals surface area (Å²) in [5, 5.41) is 9.28. The second-order valence-corrected chi connectivity index (χ2v) is 5.26. The summed E-state index contributed by atoms with van der Waals surface area (Å²) in [7, 11) is 1.36. The van der Waals surface area contributed by atoms with Crippen molar-refractivity contribution in [3.05, 3.63) is 46.1 Å². The summed E-state index contributed by atoms with van der Waals surface area (Å²) < 4.78 is 0. The lowest BCUT2D eigenvalue weighted by molar-refractivity contribution is 0.0979. The van der Waals surface area contributed by atoms with E-state index in [0.717, 1.165) is 16.2 Å².